The number of amides is 1. The first-order chi connectivity index (χ1) is 24.6. The summed E-state index contributed by atoms with van der Waals surface area (Å²) in [7, 11) is 0. The first-order valence-electron chi connectivity index (χ1n) is 22.8. The van der Waals surface area contributed by atoms with Gasteiger partial charge < -0.3 is 10.4 Å². The van der Waals surface area contributed by atoms with Gasteiger partial charge in [0, 0.05) is 13.0 Å². The summed E-state index contributed by atoms with van der Waals surface area (Å²) in [5.41, 5.74) is 0. The molecular weight excluding hydrogens is 615 g/mol. The highest BCUT2D eigenvalue weighted by Gasteiger charge is 2.13. The summed E-state index contributed by atoms with van der Waals surface area (Å²) >= 11 is 0. The molecule has 1 amide bonds. The van der Waals surface area contributed by atoms with Crippen LogP contribution in [0.25, 0.3) is 0 Å². The van der Waals surface area contributed by atoms with Crippen molar-refractivity contribution < 1.29 is 14.7 Å². The molecule has 0 radical (unpaired) electrons. The minimum atomic E-state index is -0.634. The van der Waals surface area contributed by atoms with Crippen LogP contribution in [-0.4, -0.2) is 23.5 Å². The van der Waals surface area contributed by atoms with Crippen molar-refractivity contribution in [1.29, 1.82) is 0 Å². The SMILES string of the molecule is CCCCCCCCCCCCCCCCCCCCCCCCCC(=O)NCCCCCCCC/C=C\CCCCCCC(CC)C(=O)O. The lowest BCUT2D eigenvalue weighted by molar-refractivity contribution is -0.142. The molecule has 0 aliphatic rings. The van der Waals surface area contributed by atoms with E-state index in [1.54, 1.807) is 0 Å². The Balaban J connectivity index is 3.22. The number of allylic oxidation sites excluding steroid dienone is 2. The van der Waals surface area contributed by atoms with Crippen LogP contribution in [-0.2, 0) is 9.59 Å². The molecule has 0 heterocycles. The van der Waals surface area contributed by atoms with Crippen LogP contribution in [0.3, 0.4) is 0 Å². The minimum Gasteiger partial charge on any atom is -0.481 e. The van der Waals surface area contributed by atoms with Gasteiger partial charge in [0.1, 0.15) is 0 Å². The minimum absolute atomic E-state index is 0.150. The summed E-state index contributed by atoms with van der Waals surface area (Å²) in [6.07, 6.45) is 53.7. The Labute approximate surface area is 313 Å². The van der Waals surface area contributed by atoms with Crippen molar-refractivity contribution in [2.24, 2.45) is 5.92 Å². The molecule has 0 bridgehead atoms. The molecule has 0 aromatic heterocycles. The van der Waals surface area contributed by atoms with Crippen molar-refractivity contribution >= 4 is 11.9 Å². The molecule has 2 N–H and O–H groups in total. The van der Waals surface area contributed by atoms with Gasteiger partial charge in [0.05, 0.1) is 5.92 Å². The Hall–Kier alpha value is -1.32. The van der Waals surface area contributed by atoms with Gasteiger partial charge in [-0.25, -0.2) is 0 Å². The summed E-state index contributed by atoms with van der Waals surface area (Å²) in [5, 5.41) is 12.2. The van der Waals surface area contributed by atoms with Gasteiger partial charge >= 0.3 is 5.97 Å². The van der Waals surface area contributed by atoms with Crippen LogP contribution in [0.15, 0.2) is 12.2 Å². The van der Waals surface area contributed by atoms with Crippen LogP contribution < -0.4 is 5.32 Å². The summed E-state index contributed by atoms with van der Waals surface area (Å²) < 4.78 is 0. The lowest BCUT2D eigenvalue weighted by Crippen LogP contribution is -2.23. The van der Waals surface area contributed by atoms with E-state index in [-0.39, 0.29) is 11.8 Å². The third-order valence-corrected chi connectivity index (χ3v) is 10.8. The number of hydrogen-bond acceptors (Lipinski definition) is 2. The lowest BCUT2D eigenvalue weighted by atomic mass is 9.98. The molecule has 0 rings (SSSR count). The Morgan fingerprint density at radius 3 is 1.18 bits per heavy atom. The zero-order chi connectivity index (χ0) is 36.4. The normalized spacial score (nSPS) is 12.2. The van der Waals surface area contributed by atoms with Gasteiger partial charge in [-0.15, -0.1) is 0 Å². The molecule has 50 heavy (non-hydrogen) atoms. The van der Waals surface area contributed by atoms with Gasteiger partial charge in [0.25, 0.3) is 0 Å². The molecule has 0 saturated heterocycles. The topological polar surface area (TPSA) is 66.4 Å². The van der Waals surface area contributed by atoms with Gasteiger partial charge in [0.15, 0.2) is 0 Å². The predicted molar refractivity (Wildman–Crippen MR) is 220 cm³/mol. The largest absolute Gasteiger partial charge is 0.481 e. The molecule has 296 valence electrons. The molecule has 0 fully saturated rings. The number of nitrogens with one attached hydrogen (secondary N) is 1. The van der Waals surface area contributed by atoms with Gasteiger partial charge in [-0.2, -0.15) is 0 Å². The second-order valence-corrected chi connectivity index (χ2v) is 15.7. The van der Waals surface area contributed by atoms with Crippen LogP contribution in [0.1, 0.15) is 258 Å². The van der Waals surface area contributed by atoms with E-state index in [2.05, 4.69) is 24.4 Å². The summed E-state index contributed by atoms with van der Waals surface area (Å²) in [4.78, 5) is 23.2. The van der Waals surface area contributed by atoms with E-state index >= 15 is 0 Å². The average Bonchev–Trinajstić information content (AvgIpc) is 3.11. The Bertz CT molecular complexity index is 720. The molecule has 0 saturated carbocycles. The summed E-state index contributed by atoms with van der Waals surface area (Å²) in [5.74, 6) is -0.530. The molecule has 1 atom stereocenters. The highest BCUT2D eigenvalue weighted by Crippen LogP contribution is 2.17. The fraction of sp³-hybridized carbons (Fsp3) is 0.913. The summed E-state index contributed by atoms with van der Waals surface area (Å²) in [6, 6.07) is 0. The van der Waals surface area contributed by atoms with E-state index in [0.29, 0.717) is 6.42 Å². The molecular formula is C46H89NO3. The second kappa shape index (κ2) is 42.1. The maximum atomic E-state index is 12.1. The first-order valence-corrected chi connectivity index (χ1v) is 22.8. The fourth-order valence-electron chi connectivity index (χ4n) is 7.23. The van der Waals surface area contributed by atoms with Crippen molar-refractivity contribution in [3.63, 3.8) is 0 Å². The molecule has 4 nitrogen and oxygen atoms in total. The number of aliphatic carboxylic acids is 1. The number of carbonyl (C=O) groups excluding carboxylic acids is 1. The predicted octanol–water partition coefficient (Wildman–Crippen LogP) is 15.2. The fourth-order valence-corrected chi connectivity index (χ4v) is 7.23. The number of rotatable bonds is 42. The van der Waals surface area contributed by atoms with Crippen molar-refractivity contribution in [3.8, 4) is 0 Å². The van der Waals surface area contributed by atoms with E-state index in [1.165, 1.54) is 193 Å². The van der Waals surface area contributed by atoms with Crippen LogP contribution in [0.5, 0.6) is 0 Å². The molecule has 4 heteroatoms. The zero-order valence-corrected chi connectivity index (χ0v) is 34.1. The standard InChI is InChI=1S/C46H89NO3/c1-3-5-6-7-8-9-10-11-12-13-14-15-16-17-18-19-20-24-27-30-33-36-39-42-45(48)47-43-40-37-34-31-28-25-22-21-23-26-29-32-35-38-41-44(4-2)46(49)50/h21,23,44H,3-20,22,24-43H2,1-2H3,(H,47,48)(H,49,50)/b23-21-. The maximum absolute atomic E-state index is 12.1. The van der Waals surface area contributed by atoms with Crippen molar-refractivity contribution in [2.45, 2.75) is 258 Å². The van der Waals surface area contributed by atoms with E-state index in [0.717, 1.165) is 51.5 Å². The highest BCUT2D eigenvalue weighted by molar-refractivity contribution is 5.75. The van der Waals surface area contributed by atoms with Crippen LogP contribution in [0.2, 0.25) is 0 Å². The van der Waals surface area contributed by atoms with E-state index in [9.17, 15) is 9.59 Å². The highest BCUT2D eigenvalue weighted by atomic mass is 16.4. The van der Waals surface area contributed by atoms with E-state index in [1.807, 2.05) is 6.92 Å². The van der Waals surface area contributed by atoms with Crippen LogP contribution >= 0.6 is 0 Å². The van der Waals surface area contributed by atoms with Crippen molar-refractivity contribution in [3.05, 3.63) is 12.2 Å². The molecule has 0 aliphatic carbocycles. The number of unbranched alkanes of at least 4 members (excludes halogenated alkanes) is 32. The lowest BCUT2D eigenvalue weighted by Gasteiger charge is -2.08. The number of carboxylic acid groups (broad SMARTS) is 1. The quantitative estimate of drug-likeness (QED) is 0.0491. The number of carbonyl (C=O) groups is 2. The smallest absolute Gasteiger partial charge is 0.306 e. The Kier molecular flexibility index (Phi) is 41.0. The maximum Gasteiger partial charge on any atom is 0.306 e. The van der Waals surface area contributed by atoms with E-state index < -0.39 is 5.97 Å². The Morgan fingerprint density at radius 1 is 0.460 bits per heavy atom. The van der Waals surface area contributed by atoms with Gasteiger partial charge in [-0.3, -0.25) is 9.59 Å². The zero-order valence-electron chi connectivity index (χ0n) is 34.1. The molecule has 1 unspecified atom stereocenters. The monoisotopic (exact) mass is 704 g/mol. The van der Waals surface area contributed by atoms with Crippen molar-refractivity contribution in [2.75, 3.05) is 6.54 Å². The van der Waals surface area contributed by atoms with Gasteiger partial charge in [0.2, 0.25) is 5.91 Å². The molecule has 0 aliphatic heterocycles. The van der Waals surface area contributed by atoms with Crippen LogP contribution in [0.4, 0.5) is 0 Å². The molecule has 0 spiro atoms. The molecule has 0 aromatic rings. The number of carboxylic acids is 1. The summed E-state index contributed by atoms with van der Waals surface area (Å²) in [6.45, 7) is 5.11. The van der Waals surface area contributed by atoms with Gasteiger partial charge in [-0.1, -0.05) is 212 Å². The first kappa shape index (κ1) is 48.7. The molecule has 0 aromatic carbocycles. The Morgan fingerprint density at radius 2 is 0.800 bits per heavy atom. The van der Waals surface area contributed by atoms with Gasteiger partial charge in [-0.05, 0) is 51.4 Å². The van der Waals surface area contributed by atoms with Crippen molar-refractivity contribution in [1.82, 2.24) is 5.32 Å². The second-order valence-electron chi connectivity index (χ2n) is 15.7. The average molecular weight is 704 g/mol. The third-order valence-electron chi connectivity index (χ3n) is 10.8. The number of hydrogen-bond donors (Lipinski definition) is 2. The van der Waals surface area contributed by atoms with E-state index in [4.69, 9.17) is 5.11 Å². The third kappa shape index (κ3) is 39.5. The van der Waals surface area contributed by atoms with Crippen LogP contribution in [0, 0.1) is 5.92 Å².